The number of rotatable bonds is 7. The molecule has 26 heavy (non-hydrogen) atoms. The van der Waals surface area contributed by atoms with Gasteiger partial charge in [0, 0.05) is 28.2 Å². The predicted molar refractivity (Wildman–Crippen MR) is 88.8 cm³/mol. The van der Waals surface area contributed by atoms with E-state index >= 15 is 0 Å². The van der Waals surface area contributed by atoms with Gasteiger partial charge in [0.15, 0.2) is 0 Å². The van der Waals surface area contributed by atoms with Crippen LogP contribution in [-0.4, -0.2) is 38.1 Å². The van der Waals surface area contributed by atoms with Gasteiger partial charge in [0.05, 0.1) is 12.1 Å². The van der Waals surface area contributed by atoms with E-state index in [9.17, 15) is 28.4 Å². The number of nitrogens with zero attached hydrogens (tertiary/aromatic N) is 3. The average molecular weight is 439 g/mol. The van der Waals surface area contributed by atoms with E-state index in [1.165, 1.54) is 29.8 Å². The highest BCUT2D eigenvalue weighted by Crippen LogP contribution is 2.24. The lowest BCUT2D eigenvalue weighted by molar-refractivity contribution is -0.389. The van der Waals surface area contributed by atoms with Gasteiger partial charge in [-0.2, -0.15) is 0 Å². The molecule has 8 nitrogen and oxygen atoms in total. The van der Waals surface area contributed by atoms with Crippen molar-refractivity contribution < 1.29 is 27.9 Å². The summed E-state index contributed by atoms with van der Waals surface area (Å²) in [6.07, 6.45) is -3.58. The van der Waals surface area contributed by atoms with Crippen molar-refractivity contribution in [2.75, 3.05) is 11.9 Å². The maximum atomic E-state index is 12.1. The van der Waals surface area contributed by atoms with Gasteiger partial charge < -0.3 is 25.3 Å². The fourth-order valence-electron chi connectivity index (χ4n) is 2.07. The van der Waals surface area contributed by atoms with E-state index in [0.29, 0.717) is 5.69 Å². The molecule has 1 heterocycles. The van der Waals surface area contributed by atoms with Crippen LogP contribution < -0.4 is 10.1 Å². The monoisotopic (exact) mass is 438 g/mol. The lowest BCUT2D eigenvalue weighted by Crippen LogP contribution is -2.38. The molecular formula is C14H14BrF3N4O4. The molecule has 0 bridgehead atoms. The number of aliphatic hydroxyl groups is 1. The number of alkyl halides is 3. The van der Waals surface area contributed by atoms with Gasteiger partial charge in [0.25, 0.3) is 4.73 Å². The number of nitrogens with one attached hydrogen (secondary N) is 1. The molecule has 0 aliphatic carbocycles. The zero-order valence-electron chi connectivity index (χ0n) is 13.3. The lowest BCUT2D eigenvalue weighted by Gasteiger charge is -2.24. The molecule has 0 aliphatic heterocycles. The summed E-state index contributed by atoms with van der Waals surface area (Å²) in [5.41, 5.74) is -0.853. The first kappa shape index (κ1) is 20.0. The van der Waals surface area contributed by atoms with Gasteiger partial charge >= 0.3 is 12.2 Å². The van der Waals surface area contributed by atoms with Crippen LogP contribution in [0.3, 0.4) is 0 Å². The van der Waals surface area contributed by atoms with E-state index in [1.54, 1.807) is 0 Å². The zero-order chi connectivity index (χ0) is 19.5. The summed E-state index contributed by atoms with van der Waals surface area (Å²) < 4.78 is 41.7. The third kappa shape index (κ3) is 5.88. The Balaban J connectivity index is 1.96. The minimum absolute atomic E-state index is 0.00328. The minimum Gasteiger partial charge on any atom is -0.406 e. The van der Waals surface area contributed by atoms with Crippen LogP contribution in [0.4, 0.5) is 24.7 Å². The smallest absolute Gasteiger partial charge is 0.406 e. The molecule has 2 N–H and O–H groups in total. The van der Waals surface area contributed by atoms with E-state index in [4.69, 9.17) is 0 Å². The van der Waals surface area contributed by atoms with Crippen LogP contribution in [0.5, 0.6) is 5.75 Å². The molecule has 1 unspecified atom stereocenters. The van der Waals surface area contributed by atoms with E-state index in [2.05, 4.69) is 31.0 Å². The molecular weight excluding hydrogens is 425 g/mol. The lowest BCUT2D eigenvalue weighted by atomic mass is 10.1. The maximum Gasteiger partial charge on any atom is 0.573 e. The van der Waals surface area contributed by atoms with Gasteiger partial charge in [-0.25, -0.2) is 0 Å². The zero-order valence-corrected chi connectivity index (χ0v) is 14.9. The number of aromatic nitrogens is 2. The number of benzene rings is 1. The standard InChI is InChI=1S/C14H14BrF3N4O4/c1-13(23,8-21-6-11(22(24)25)20-12(21)15)7-19-9-2-4-10(5-3-9)26-14(16,17)18/h2-6,19,23H,7-8H2,1H3. The molecule has 1 aromatic heterocycles. The first-order valence-corrected chi connectivity index (χ1v) is 7.94. The number of anilines is 1. The second-order valence-electron chi connectivity index (χ2n) is 5.68. The fourth-order valence-corrected chi connectivity index (χ4v) is 2.48. The van der Waals surface area contributed by atoms with Crippen LogP contribution >= 0.6 is 15.9 Å². The van der Waals surface area contributed by atoms with Crippen molar-refractivity contribution in [2.45, 2.75) is 25.4 Å². The number of nitro groups is 1. The van der Waals surface area contributed by atoms with Crippen LogP contribution in [0.25, 0.3) is 0 Å². The number of halogens is 4. The van der Waals surface area contributed by atoms with Crippen LogP contribution in [0, 0.1) is 10.1 Å². The number of imidazole rings is 1. The van der Waals surface area contributed by atoms with Gasteiger partial charge in [-0.1, -0.05) is 0 Å². The summed E-state index contributed by atoms with van der Waals surface area (Å²) in [6.45, 7) is 1.53. The quantitative estimate of drug-likeness (QED) is 0.507. The molecule has 1 atom stereocenters. The van der Waals surface area contributed by atoms with Gasteiger partial charge in [-0.05, 0) is 41.1 Å². The maximum absolute atomic E-state index is 12.1. The summed E-state index contributed by atoms with van der Waals surface area (Å²) in [4.78, 5) is 13.8. The highest BCUT2D eigenvalue weighted by atomic mass is 79.9. The van der Waals surface area contributed by atoms with Crippen molar-refractivity contribution in [1.82, 2.24) is 9.55 Å². The summed E-state index contributed by atoms with van der Waals surface area (Å²) in [5, 5.41) is 24.0. The van der Waals surface area contributed by atoms with Crippen molar-refractivity contribution in [3.63, 3.8) is 0 Å². The Bertz CT molecular complexity index is 777. The first-order chi connectivity index (χ1) is 12.0. The average Bonchev–Trinajstić information content (AvgIpc) is 2.86. The third-order valence-corrected chi connectivity index (χ3v) is 3.81. The minimum atomic E-state index is -4.76. The van der Waals surface area contributed by atoms with Gasteiger partial charge in [0.2, 0.25) is 0 Å². The van der Waals surface area contributed by atoms with Crippen molar-refractivity contribution in [3.05, 3.63) is 45.3 Å². The first-order valence-electron chi connectivity index (χ1n) is 7.14. The molecule has 0 saturated heterocycles. The van der Waals surface area contributed by atoms with Gasteiger partial charge in [0.1, 0.15) is 11.9 Å². The third-order valence-electron chi connectivity index (χ3n) is 3.17. The normalized spacial score (nSPS) is 13.9. The van der Waals surface area contributed by atoms with E-state index in [-0.39, 0.29) is 29.4 Å². The predicted octanol–water partition coefficient (Wildman–Crippen LogP) is 3.32. The SMILES string of the molecule is CC(O)(CNc1ccc(OC(F)(F)F)cc1)Cn1cc([N+](=O)[O-])nc1Br. The molecule has 12 heteroatoms. The Morgan fingerprint density at radius 1 is 1.38 bits per heavy atom. The number of hydrogen-bond donors (Lipinski definition) is 2. The van der Waals surface area contributed by atoms with Crippen molar-refractivity contribution >= 4 is 27.4 Å². The van der Waals surface area contributed by atoms with Gasteiger partial charge in [-0.3, -0.25) is 4.57 Å². The molecule has 0 saturated carbocycles. The molecule has 0 spiro atoms. The van der Waals surface area contributed by atoms with Crippen molar-refractivity contribution in [1.29, 1.82) is 0 Å². The second-order valence-corrected chi connectivity index (χ2v) is 6.39. The molecule has 2 aromatic rings. The molecule has 142 valence electrons. The second kappa shape index (κ2) is 7.50. The van der Waals surface area contributed by atoms with Gasteiger partial charge in [-0.15, -0.1) is 13.2 Å². The Labute approximate surface area is 153 Å². The number of hydrogen-bond acceptors (Lipinski definition) is 6. The van der Waals surface area contributed by atoms with Crippen LogP contribution in [0.2, 0.25) is 0 Å². The molecule has 0 aliphatic rings. The topological polar surface area (TPSA) is 102 Å². The van der Waals surface area contributed by atoms with Crippen molar-refractivity contribution in [3.8, 4) is 5.75 Å². The van der Waals surface area contributed by atoms with Crippen molar-refractivity contribution in [2.24, 2.45) is 0 Å². The Kier molecular flexibility index (Phi) is 5.76. The Morgan fingerprint density at radius 2 is 2.00 bits per heavy atom. The Morgan fingerprint density at radius 3 is 2.50 bits per heavy atom. The summed E-state index contributed by atoms with van der Waals surface area (Å²) >= 11 is 3.08. The fraction of sp³-hybridized carbons (Fsp3) is 0.357. The molecule has 0 amide bonds. The van der Waals surface area contributed by atoms with E-state index in [1.807, 2.05) is 0 Å². The summed E-state index contributed by atoms with van der Waals surface area (Å²) in [7, 11) is 0. The molecule has 0 fully saturated rings. The Hall–Kier alpha value is -2.34. The van der Waals surface area contributed by atoms with E-state index < -0.39 is 16.9 Å². The van der Waals surface area contributed by atoms with Crippen LogP contribution in [0.1, 0.15) is 6.92 Å². The van der Waals surface area contributed by atoms with Crippen LogP contribution in [-0.2, 0) is 6.54 Å². The summed E-state index contributed by atoms with van der Waals surface area (Å²) in [6, 6.07) is 5.02. The van der Waals surface area contributed by atoms with E-state index in [0.717, 1.165) is 12.1 Å². The molecule has 0 radical (unpaired) electrons. The molecule has 2 rings (SSSR count). The van der Waals surface area contributed by atoms with Crippen LogP contribution in [0.15, 0.2) is 35.2 Å². The largest absolute Gasteiger partial charge is 0.573 e. The summed E-state index contributed by atoms with van der Waals surface area (Å²) in [5.74, 6) is -0.717. The highest BCUT2D eigenvalue weighted by molar-refractivity contribution is 9.10. The molecule has 1 aromatic carbocycles. The number of ether oxygens (including phenoxy) is 1. The highest BCUT2D eigenvalue weighted by Gasteiger charge is 2.31.